The Balaban J connectivity index is 1.50. The Morgan fingerprint density at radius 3 is 2.35 bits per heavy atom. The summed E-state index contributed by atoms with van der Waals surface area (Å²) >= 11 is 3.34. The van der Waals surface area contributed by atoms with Gasteiger partial charge in [0, 0.05) is 16.7 Å². The number of benzene rings is 3. The van der Waals surface area contributed by atoms with Crippen molar-refractivity contribution in [1.82, 2.24) is 4.72 Å². The maximum atomic E-state index is 12.6. The van der Waals surface area contributed by atoms with E-state index in [4.69, 9.17) is 14.2 Å². The molecule has 0 bridgehead atoms. The average Bonchev–Trinajstić information content (AvgIpc) is 2.83. The third kappa shape index (κ3) is 7.21. The summed E-state index contributed by atoms with van der Waals surface area (Å²) in [5.74, 6) is 1.25. The molecule has 34 heavy (non-hydrogen) atoms. The van der Waals surface area contributed by atoms with Crippen molar-refractivity contribution in [3.63, 3.8) is 0 Å². The van der Waals surface area contributed by atoms with Gasteiger partial charge in [0.15, 0.2) is 18.1 Å². The van der Waals surface area contributed by atoms with Crippen LogP contribution < -0.4 is 24.2 Å². The molecule has 3 rings (SSSR count). The Bertz CT molecular complexity index is 1230. The number of halogens is 1. The van der Waals surface area contributed by atoms with Crippen molar-refractivity contribution in [2.75, 3.05) is 32.7 Å². The number of carbonyl (C=O) groups excluding carboxylic acids is 1. The van der Waals surface area contributed by atoms with E-state index in [0.29, 0.717) is 29.4 Å². The Hall–Kier alpha value is -3.08. The molecule has 0 spiro atoms. The van der Waals surface area contributed by atoms with Crippen molar-refractivity contribution < 1.29 is 27.4 Å². The van der Waals surface area contributed by atoms with Crippen molar-refractivity contribution in [3.8, 4) is 17.2 Å². The number of amides is 1. The van der Waals surface area contributed by atoms with E-state index < -0.39 is 10.0 Å². The van der Waals surface area contributed by atoms with Crippen LogP contribution in [0.5, 0.6) is 17.2 Å². The van der Waals surface area contributed by atoms with E-state index in [-0.39, 0.29) is 24.0 Å². The van der Waals surface area contributed by atoms with Gasteiger partial charge in [-0.05, 0) is 66.6 Å². The number of methoxy groups -OCH3 is 2. The highest BCUT2D eigenvalue weighted by Crippen LogP contribution is 2.27. The molecule has 3 aromatic rings. The van der Waals surface area contributed by atoms with Crippen LogP contribution in [-0.4, -0.2) is 41.7 Å². The van der Waals surface area contributed by atoms with Crippen LogP contribution in [0.25, 0.3) is 0 Å². The maximum Gasteiger partial charge on any atom is 0.262 e. The molecule has 8 nitrogen and oxygen atoms in total. The summed E-state index contributed by atoms with van der Waals surface area (Å²) in [7, 11) is -0.593. The summed E-state index contributed by atoms with van der Waals surface area (Å²) in [5, 5.41) is 2.72. The minimum Gasteiger partial charge on any atom is -0.493 e. The Kier molecular flexibility index (Phi) is 8.91. The molecule has 0 aromatic heterocycles. The Morgan fingerprint density at radius 1 is 0.941 bits per heavy atom. The number of carbonyl (C=O) groups is 1. The lowest BCUT2D eigenvalue weighted by molar-refractivity contribution is -0.118. The smallest absolute Gasteiger partial charge is 0.262 e. The van der Waals surface area contributed by atoms with E-state index in [1.807, 2.05) is 24.3 Å². The molecule has 0 radical (unpaired) electrons. The molecule has 0 aliphatic rings. The molecule has 0 aliphatic heterocycles. The van der Waals surface area contributed by atoms with Crippen LogP contribution in [0.3, 0.4) is 0 Å². The van der Waals surface area contributed by atoms with Crippen LogP contribution in [0.2, 0.25) is 0 Å². The van der Waals surface area contributed by atoms with Crippen molar-refractivity contribution in [3.05, 3.63) is 76.8 Å². The number of anilines is 1. The van der Waals surface area contributed by atoms with E-state index in [2.05, 4.69) is 26.0 Å². The van der Waals surface area contributed by atoms with Gasteiger partial charge in [-0.3, -0.25) is 4.79 Å². The summed E-state index contributed by atoms with van der Waals surface area (Å²) < 4.78 is 44.5. The normalized spacial score (nSPS) is 11.0. The number of sulfonamides is 1. The van der Waals surface area contributed by atoms with Crippen LogP contribution >= 0.6 is 15.9 Å². The topological polar surface area (TPSA) is 103 Å². The first-order chi connectivity index (χ1) is 16.3. The zero-order valence-electron chi connectivity index (χ0n) is 18.7. The van der Waals surface area contributed by atoms with Crippen LogP contribution in [0.4, 0.5) is 5.69 Å². The molecule has 2 N–H and O–H groups in total. The number of hydrogen-bond donors (Lipinski definition) is 2. The molecule has 180 valence electrons. The molecule has 3 aromatic carbocycles. The zero-order chi connectivity index (χ0) is 24.6. The summed E-state index contributed by atoms with van der Waals surface area (Å²) in [6, 6.07) is 18.5. The molecule has 0 unspecified atom stereocenters. The zero-order valence-corrected chi connectivity index (χ0v) is 21.1. The Morgan fingerprint density at radius 2 is 1.68 bits per heavy atom. The Labute approximate surface area is 207 Å². The largest absolute Gasteiger partial charge is 0.493 e. The van der Waals surface area contributed by atoms with Crippen molar-refractivity contribution in [1.29, 1.82) is 0 Å². The summed E-state index contributed by atoms with van der Waals surface area (Å²) in [6.07, 6.45) is 0.480. The number of hydrogen-bond acceptors (Lipinski definition) is 6. The fourth-order valence-electron chi connectivity index (χ4n) is 3.08. The van der Waals surface area contributed by atoms with Crippen LogP contribution in [0.1, 0.15) is 5.56 Å². The molecular formula is C24H25BrN2O6S. The van der Waals surface area contributed by atoms with Gasteiger partial charge in [0.05, 0.1) is 19.1 Å². The fourth-order valence-corrected chi connectivity index (χ4v) is 4.51. The highest BCUT2D eigenvalue weighted by Gasteiger charge is 2.14. The minimum atomic E-state index is -3.70. The van der Waals surface area contributed by atoms with Crippen molar-refractivity contribution >= 4 is 37.5 Å². The highest BCUT2D eigenvalue weighted by atomic mass is 79.9. The van der Waals surface area contributed by atoms with Crippen LogP contribution in [0, 0.1) is 0 Å². The van der Waals surface area contributed by atoms with Gasteiger partial charge in [0.2, 0.25) is 10.0 Å². The van der Waals surface area contributed by atoms with Gasteiger partial charge < -0.3 is 19.5 Å². The molecule has 0 atom stereocenters. The van der Waals surface area contributed by atoms with E-state index in [1.54, 1.807) is 32.4 Å². The molecule has 0 heterocycles. The molecular weight excluding hydrogens is 524 g/mol. The van der Waals surface area contributed by atoms with E-state index in [1.165, 1.54) is 24.3 Å². The molecule has 1 amide bonds. The summed E-state index contributed by atoms with van der Waals surface area (Å²) in [6.45, 7) is 0.00796. The van der Waals surface area contributed by atoms with E-state index in [0.717, 1.165) is 10.0 Å². The van der Waals surface area contributed by atoms with Gasteiger partial charge in [-0.1, -0.05) is 28.1 Å². The fraction of sp³-hybridized carbons (Fsp3) is 0.208. The average molecular weight is 549 g/mol. The maximum absolute atomic E-state index is 12.6. The van der Waals surface area contributed by atoms with E-state index in [9.17, 15) is 13.2 Å². The highest BCUT2D eigenvalue weighted by molar-refractivity contribution is 9.10. The second-order valence-electron chi connectivity index (χ2n) is 7.16. The van der Waals surface area contributed by atoms with Crippen molar-refractivity contribution in [2.45, 2.75) is 11.3 Å². The van der Waals surface area contributed by atoms with Gasteiger partial charge in [0.25, 0.3) is 5.91 Å². The lowest BCUT2D eigenvalue weighted by Crippen LogP contribution is -2.26. The first-order valence-corrected chi connectivity index (χ1v) is 12.6. The van der Waals surface area contributed by atoms with Gasteiger partial charge >= 0.3 is 0 Å². The quantitative estimate of drug-likeness (QED) is 0.375. The van der Waals surface area contributed by atoms with Crippen molar-refractivity contribution in [2.24, 2.45) is 0 Å². The molecule has 0 fully saturated rings. The minimum absolute atomic E-state index is 0.103. The first kappa shape index (κ1) is 25.5. The van der Waals surface area contributed by atoms with Gasteiger partial charge in [0.1, 0.15) is 5.75 Å². The number of nitrogens with one attached hydrogen (secondary N) is 2. The third-order valence-corrected chi connectivity index (χ3v) is 6.74. The SMILES string of the molecule is COc1ccc(CCNS(=O)(=O)c2ccc(OCC(=O)Nc3cccc(Br)c3)cc2)cc1OC. The lowest BCUT2D eigenvalue weighted by Gasteiger charge is -2.11. The third-order valence-electron chi connectivity index (χ3n) is 4.77. The van der Waals surface area contributed by atoms with Gasteiger partial charge in [-0.2, -0.15) is 0 Å². The second kappa shape index (κ2) is 11.9. The molecule has 0 saturated carbocycles. The molecule has 0 aliphatic carbocycles. The monoisotopic (exact) mass is 548 g/mol. The van der Waals surface area contributed by atoms with Crippen LogP contribution in [-0.2, 0) is 21.2 Å². The predicted octanol–water partition coefficient (Wildman–Crippen LogP) is 4.00. The molecule has 0 saturated heterocycles. The standard InChI is InChI=1S/C24H25BrN2O6S/c1-31-22-11-6-17(14-23(22)32-2)12-13-26-34(29,30)21-9-7-20(8-10-21)33-16-24(28)27-19-5-3-4-18(25)15-19/h3-11,14-15,26H,12-13,16H2,1-2H3,(H,27,28). The lowest BCUT2D eigenvalue weighted by atomic mass is 10.1. The molecule has 10 heteroatoms. The second-order valence-corrected chi connectivity index (χ2v) is 9.84. The van der Waals surface area contributed by atoms with Gasteiger partial charge in [-0.25, -0.2) is 13.1 Å². The summed E-state index contributed by atoms with van der Waals surface area (Å²) in [4.78, 5) is 12.2. The first-order valence-electron chi connectivity index (χ1n) is 10.3. The van der Waals surface area contributed by atoms with E-state index >= 15 is 0 Å². The van der Waals surface area contributed by atoms with Crippen LogP contribution in [0.15, 0.2) is 76.1 Å². The summed E-state index contributed by atoms with van der Waals surface area (Å²) in [5.41, 5.74) is 1.55. The van der Waals surface area contributed by atoms with Gasteiger partial charge in [-0.15, -0.1) is 0 Å². The number of rotatable bonds is 11. The number of ether oxygens (including phenoxy) is 3. The predicted molar refractivity (Wildman–Crippen MR) is 133 cm³/mol.